The molecule has 156 valence electrons. The minimum Gasteiger partial charge on any atom is -0.492 e. The smallest absolute Gasteiger partial charge is 0.336 e. The SMILES string of the molecule is CC(COc1ccc2ccc(=O)oc2c1)NCc1ccc(C(=O)N2CCCC2)cc1. The summed E-state index contributed by atoms with van der Waals surface area (Å²) in [6, 6.07) is 16.5. The van der Waals surface area contributed by atoms with E-state index in [1.807, 2.05) is 48.2 Å². The van der Waals surface area contributed by atoms with Crippen molar-refractivity contribution in [3.8, 4) is 5.75 Å². The summed E-state index contributed by atoms with van der Waals surface area (Å²) in [7, 11) is 0. The van der Waals surface area contributed by atoms with Crippen LogP contribution in [-0.2, 0) is 6.54 Å². The minimum atomic E-state index is -0.372. The molecule has 1 saturated heterocycles. The number of likely N-dealkylation sites (tertiary alicyclic amines) is 1. The molecule has 1 aliphatic heterocycles. The molecule has 1 aromatic heterocycles. The van der Waals surface area contributed by atoms with Crippen LogP contribution in [0.4, 0.5) is 0 Å². The van der Waals surface area contributed by atoms with Gasteiger partial charge in [0.15, 0.2) is 0 Å². The van der Waals surface area contributed by atoms with E-state index >= 15 is 0 Å². The van der Waals surface area contributed by atoms with Gasteiger partial charge in [0.2, 0.25) is 0 Å². The van der Waals surface area contributed by atoms with Crippen molar-refractivity contribution in [2.75, 3.05) is 19.7 Å². The molecule has 6 nitrogen and oxygen atoms in total. The highest BCUT2D eigenvalue weighted by Gasteiger charge is 2.19. The summed E-state index contributed by atoms with van der Waals surface area (Å²) in [5, 5.41) is 4.29. The van der Waals surface area contributed by atoms with Crippen LogP contribution in [0.15, 0.2) is 63.8 Å². The second kappa shape index (κ2) is 9.13. The van der Waals surface area contributed by atoms with Crippen molar-refractivity contribution in [3.63, 3.8) is 0 Å². The molecule has 1 N–H and O–H groups in total. The summed E-state index contributed by atoms with van der Waals surface area (Å²) < 4.78 is 11.0. The Hall–Kier alpha value is -3.12. The Labute approximate surface area is 175 Å². The summed E-state index contributed by atoms with van der Waals surface area (Å²) >= 11 is 0. The fourth-order valence-corrected chi connectivity index (χ4v) is 3.57. The first-order chi connectivity index (χ1) is 14.6. The molecular formula is C24H26N2O4. The summed E-state index contributed by atoms with van der Waals surface area (Å²) in [5.41, 5.74) is 2.01. The molecule has 3 aromatic rings. The summed E-state index contributed by atoms with van der Waals surface area (Å²) in [6.45, 7) is 4.95. The van der Waals surface area contributed by atoms with Gasteiger partial charge in [-0.1, -0.05) is 12.1 Å². The van der Waals surface area contributed by atoms with Crippen LogP contribution in [0.25, 0.3) is 11.0 Å². The first-order valence-corrected chi connectivity index (χ1v) is 10.4. The van der Waals surface area contributed by atoms with Crippen LogP contribution >= 0.6 is 0 Å². The Morgan fingerprint density at radius 3 is 2.60 bits per heavy atom. The van der Waals surface area contributed by atoms with Crippen LogP contribution in [-0.4, -0.2) is 36.5 Å². The van der Waals surface area contributed by atoms with Crippen LogP contribution in [0.2, 0.25) is 0 Å². The van der Waals surface area contributed by atoms with Gasteiger partial charge in [0.25, 0.3) is 5.91 Å². The summed E-state index contributed by atoms with van der Waals surface area (Å²) in [4.78, 5) is 25.7. The summed E-state index contributed by atoms with van der Waals surface area (Å²) in [5.74, 6) is 0.787. The molecule has 1 atom stereocenters. The van der Waals surface area contributed by atoms with Gasteiger partial charge in [-0.2, -0.15) is 0 Å². The maximum Gasteiger partial charge on any atom is 0.336 e. The normalized spacial score (nSPS) is 14.8. The van der Waals surface area contributed by atoms with E-state index in [0.29, 0.717) is 24.5 Å². The Morgan fingerprint density at radius 1 is 1.10 bits per heavy atom. The maximum atomic E-state index is 12.4. The molecule has 1 fully saturated rings. The topological polar surface area (TPSA) is 71.8 Å². The van der Waals surface area contributed by atoms with Crippen molar-refractivity contribution >= 4 is 16.9 Å². The van der Waals surface area contributed by atoms with E-state index < -0.39 is 0 Å². The van der Waals surface area contributed by atoms with Gasteiger partial charge in [-0.3, -0.25) is 4.79 Å². The van der Waals surface area contributed by atoms with Gasteiger partial charge in [-0.25, -0.2) is 4.79 Å². The molecule has 6 heteroatoms. The van der Waals surface area contributed by atoms with Crippen molar-refractivity contribution in [1.29, 1.82) is 0 Å². The average Bonchev–Trinajstić information content (AvgIpc) is 3.31. The fourth-order valence-electron chi connectivity index (χ4n) is 3.57. The van der Waals surface area contributed by atoms with Gasteiger partial charge in [0.05, 0.1) is 0 Å². The van der Waals surface area contributed by atoms with Crippen LogP contribution in [0.3, 0.4) is 0 Å². The highest BCUT2D eigenvalue weighted by molar-refractivity contribution is 5.94. The third kappa shape index (κ3) is 4.89. The average molecular weight is 406 g/mol. The molecule has 0 saturated carbocycles. The van der Waals surface area contributed by atoms with Crippen LogP contribution in [0.5, 0.6) is 5.75 Å². The lowest BCUT2D eigenvalue weighted by molar-refractivity contribution is 0.0793. The molecule has 0 aliphatic carbocycles. The largest absolute Gasteiger partial charge is 0.492 e. The summed E-state index contributed by atoms with van der Waals surface area (Å²) in [6.07, 6.45) is 2.20. The number of ether oxygens (including phenoxy) is 1. The van der Waals surface area contributed by atoms with E-state index in [4.69, 9.17) is 9.15 Å². The molecule has 1 amide bonds. The minimum absolute atomic E-state index is 0.120. The van der Waals surface area contributed by atoms with Crippen LogP contribution in [0.1, 0.15) is 35.7 Å². The number of hydrogen-bond acceptors (Lipinski definition) is 5. The van der Waals surface area contributed by atoms with Gasteiger partial charge in [-0.15, -0.1) is 0 Å². The number of carbonyl (C=O) groups is 1. The zero-order valence-electron chi connectivity index (χ0n) is 17.1. The molecule has 0 spiro atoms. The number of fused-ring (bicyclic) bond motifs is 1. The molecule has 0 bridgehead atoms. The van der Waals surface area contributed by atoms with E-state index in [9.17, 15) is 9.59 Å². The fraction of sp³-hybridized carbons (Fsp3) is 0.333. The quantitative estimate of drug-likeness (QED) is 0.607. The highest BCUT2D eigenvalue weighted by atomic mass is 16.5. The molecule has 1 aliphatic rings. The van der Waals surface area contributed by atoms with Crippen molar-refractivity contribution in [2.45, 2.75) is 32.4 Å². The Kier molecular flexibility index (Phi) is 6.14. The third-order valence-corrected chi connectivity index (χ3v) is 5.34. The second-order valence-corrected chi connectivity index (χ2v) is 7.74. The van der Waals surface area contributed by atoms with Gasteiger partial charge < -0.3 is 19.4 Å². The number of nitrogens with zero attached hydrogens (tertiary/aromatic N) is 1. The van der Waals surface area contributed by atoms with Gasteiger partial charge in [0, 0.05) is 48.8 Å². The molecule has 30 heavy (non-hydrogen) atoms. The second-order valence-electron chi connectivity index (χ2n) is 7.74. The van der Waals surface area contributed by atoms with E-state index in [1.54, 1.807) is 12.1 Å². The lowest BCUT2D eigenvalue weighted by Gasteiger charge is -2.16. The van der Waals surface area contributed by atoms with Crippen LogP contribution in [0, 0.1) is 0 Å². The molecule has 2 aromatic carbocycles. The van der Waals surface area contributed by atoms with Gasteiger partial charge in [-0.05, 0) is 55.7 Å². The van der Waals surface area contributed by atoms with Crippen molar-refractivity contribution in [3.05, 3.63) is 76.1 Å². The third-order valence-electron chi connectivity index (χ3n) is 5.34. The molecule has 0 radical (unpaired) electrons. The van der Waals surface area contributed by atoms with Crippen molar-refractivity contribution in [1.82, 2.24) is 10.2 Å². The number of hydrogen-bond donors (Lipinski definition) is 1. The first-order valence-electron chi connectivity index (χ1n) is 10.4. The van der Waals surface area contributed by atoms with Crippen molar-refractivity contribution in [2.24, 2.45) is 0 Å². The first kappa shape index (κ1) is 20.2. The predicted molar refractivity (Wildman–Crippen MR) is 116 cm³/mol. The van der Waals surface area contributed by atoms with Gasteiger partial charge in [0.1, 0.15) is 17.9 Å². The van der Waals surface area contributed by atoms with E-state index in [1.165, 1.54) is 6.07 Å². The Balaban J connectivity index is 1.27. The molecular weight excluding hydrogens is 380 g/mol. The lowest BCUT2D eigenvalue weighted by Crippen LogP contribution is -2.31. The monoisotopic (exact) mass is 406 g/mol. The zero-order valence-corrected chi connectivity index (χ0v) is 17.1. The number of rotatable bonds is 7. The van der Waals surface area contributed by atoms with Gasteiger partial charge >= 0.3 is 5.63 Å². The lowest BCUT2D eigenvalue weighted by atomic mass is 10.1. The number of benzene rings is 2. The number of nitrogens with one attached hydrogen (secondary N) is 1. The molecule has 4 rings (SSSR count). The Bertz CT molecular complexity index is 1070. The Morgan fingerprint density at radius 2 is 1.83 bits per heavy atom. The highest BCUT2D eigenvalue weighted by Crippen LogP contribution is 2.19. The van der Waals surface area contributed by atoms with E-state index in [0.717, 1.165) is 42.4 Å². The standard InChI is InChI=1S/C24H26N2O4/c1-17(16-29-21-10-8-19-9-11-23(27)30-22(19)14-21)25-15-18-4-6-20(7-5-18)24(28)26-12-2-3-13-26/h4-11,14,17,25H,2-3,12-13,15-16H2,1H3. The van der Waals surface area contributed by atoms with Crippen LogP contribution < -0.4 is 15.7 Å². The van der Waals surface area contributed by atoms with E-state index in [2.05, 4.69) is 5.32 Å². The predicted octanol–water partition coefficient (Wildman–Crippen LogP) is 3.59. The number of carbonyl (C=O) groups excluding carboxylic acids is 1. The zero-order chi connectivity index (χ0) is 20.9. The molecule has 2 heterocycles. The number of amides is 1. The maximum absolute atomic E-state index is 12.4. The van der Waals surface area contributed by atoms with E-state index in [-0.39, 0.29) is 17.6 Å². The van der Waals surface area contributed by atoms with Crippen molar-refractivity contribution < 1.29 is 13.9 Å². The molecule has 1 unspecified atom stereocenters.